The summed E-state index contributed by atoms with van der Waals surface area (Å²) in [7, 11) is 7.27. The zero-order valence-corrected chi connectivity index (χ0v) is 64.9. The third kappa shape index (κ3) is 58.5. The zero-order chi connectivity index (χ0) is 68.8. The van der Waals surface area contributed by atoms with E-state index in [-0.39, 0.29) is 0 Å². The Morgan fingerprint density at radius 1 is 0.239 bits per heavy atom. The first kappa shape index (κ1) is 93.6. The van der Waals surface area contributed by atoms with Gasteiger partial charge < -0.3 is 49.2 Å². The molecule has 4 N–H and O–H groups in total. The molecule has 0 heterocycles. The van der Waals surface area contributed by atoms with Crippen molar-refractivity contribution < 1.29 is 39.4 Å². The summed E-state index contributed by atoms with van der Waals surface area (Å²) in [6, 6.07) is 2.44. The highest BCUT2D eigenvalue weighted by atomic mass is 16.5. The molecular weight excluding hydrogens is 1140 g/mol. The maximum atomic E-state index is 9.43. The first-order chi connectivity index (χ1) is 44.3. The van der Waals surface area contributed by atoms with Crippen LogP contribution in [-0.4, -0.2) is 197 Å². The normalized spacial score (nSPS) is 16.2. The summed E-state index contributed by atoms with van der Waals surface area (Å²) < 4.78 is 21.5. The molecule has 0 aromatic heterocycles. The second-order valence-electron chi connectivity index (χ2n) is 30.5. The molecule has 12 nitrogen and oxygen atoms in total. The smallest absolute Gasteiger partial charge is 0.0543 e. The Balaban J connectivity index is 0. The maximum Gasteiger partial charge on any atom is 0.0543 e. The fourth-order valence-electron chi connectivity index (χ4n) is 13.7. The molecule has 0 aromatic rings. The summed E-state index contributed by atoms with van der Waals surface area (Å²) in [5.74, 6) is 3.82. The minimum absolute atomic E-state index is 0.312. The summed E-state index contributed by atoms with van der Waals surface area (Å²) >= 11 is 0. The molecule has 0 aliphatic heterocycles. The lowest BCUT2D eigenvalue weighted by Crippen LogP contribution is -2.49. The van der Waals surface area contributed by atoms with Gasteiger partial charge in [0.2, 0.25) is 0 Å². The van der Waals surface area contributed by atoms with Gasteiger partial charge in [-0.3, -0.25) is 9.80 Å². The molecule has 0 fully saturated rings. The minimum atomic E-state index is 0.312. The van der Waals surface area contributed by atoms with Crippen LogP contribution in [0.2, 0.25) is 0 Å². The average molecular weight is 1310 g/mol. The summed E-state index contributed by atoms with van der Waals surface area (Å²) in [5.41, 5.74) is 0. The van der Waals surface area contributed by atoms with Crippen molar-refractivity contribution in [3.8, 4) is 0 Å². The highest BCUT2D eigenvalue weighted by Crippen LogP contribution is 2.25. The van der Waals surface area contributed by atoms with E-state index in [1.807, 2.05) is 28.4 Å². The maximum absolute atomic E-state index is 9.43. The van der Waals surface area contributed by atoms with E-state index in [2.05, 4.69) is 103 Å². The number of unbranched alkanes of at least 4 members (excludes halogenated alkanes) is 14. The van der Waals surface area contributed by atoms with E-state index >= 15 is 0 Å². The summed E-state index contributed by atoms with van der Waals surface area (Å²) in [6.45, 7) is 40.9. The van der Waals surface area contributed by atoms with E-state index in [0.717, 1.165) is 101 Å². The topological polar surface area (TPSA) is 131 Å². The predicted molar refractivity (Wildman–Crippen MR) is 400 cm³/mol. The average Bonchev–Trinajstić information content (AvgIpc) is 1.40. The SMILES string of the molecule is COC(C)CCC(C)CCCN(CCCC(C)CCC(C)OC)CCN(CCCC(C)CCC(C)CO)CCCC(C)CCC(C)CO.COCCCCCCC(C)N(CCN(C(C)CCCCCCCO)C(C)CCCCCCCO)C(C)CCCCCCOC. The number of hydrogen-bond donors (Lipinski definition) is 4. The number of hydrogen-bond acceptors (Lipinski definition) is 12. The van der Waals surface area contributed by atoms with E-state index in [0.29, 0.717) is 74.6 Å². The number of nitrogens with zero attached hydrogens (tertiary/aromatic N) is 4. The van der Waals surface area contributed by atoms with Gasteiger partial charge in [0, 0.05) is 118 Å². The first-order valence-electron chi connectivity index (χ1n) is 39.8. The Morgan fingerprint density at radius 3 is 0.750 bits per heavy atom. The first-order valence-corrected chi connectivity index (χ1v) is 39.8. The van der Waals surface area contributed by atoms with E-state index in [4.69, 9.17) is 29.2 Å². The molecule has 12 unspecified atom stereocenters. The van der Waals surface area contributed by atoms with Crippen LogP contribution in [0.15, 0.2) is 0 Å². The van der Waals surface area contributed by atoms with Crippen molar-refractivity contribution in [3.63, 3.8) is 0 Å². The molecule has 0 spiro atoms. The standard InChI is InChI=1S/C42H88N2O4.C38H80N2O4/c1-35(19-21-39(5)33-45)15-11-27-43(28-12-16-36(2)20-22-40(6)34-46)31-32-44(29-13-17-37(3)23-25-41(7)47-9)30-14-18-38(4)24-26-42(8)48-10;1-35(25-17-9-7-13-21-31-41)39(36(2)26-18-10-8-14-22-32-42)29-30-40(37(3)27-19-11-15-23-33-43-5)38(4)28-20-12-16-24-34-44-6/h35-42,45-46H,11-34H2,1-10H3;35-38,41-42H,7-34H2,1-6H3. The van der Waals surface area contributed by atoms with Crippen molar-refractivity contribution in [3.05, 3.63) is 0 Å². The summed E-state index contributed by atoms with van der Waals surface area (Å²) in [6.07, 6.45) is 47.7. The lowest BCUT2D eigenvalue weighted by atomic mass is 9.94. The van der Waals surface area contributed by atoms with Gasteiger partial charge in [-0.15, -0.1) is 0 Å². The van der Waals surface area contributed by atoms with Crippen LogP contribution in [0.1, 0.15) is 327 Å². The van der Waals surface area contributed by atoms with Crippen LogP contribution in [0.3, 0.4) is 0 Å². The third-order valence-corrected chi connectivity index (χ3v) is 21.2. The minimum Gasteiger partial charge on any atom is -0.396 e. The van der Waals surface area contributed by atoms with Crippen LogP contribution in [0.5, 0.6) is 0 Å². The molecule has 0 saturated carbocycles. The largest absolute Gasteiger partial charge is 0.396 e. The van der Waals surface area contributed by atoms with Gasteiger partial charge in [0.05, 0.1) is 12.2 Å². The van der Waals surface area contributed by atoms with Crippen LogP contribution in [0.25, 0.3) is 0 Å². The molecule has 0 rings (SSSR count). The van der Waals surface area contributed by atoms with Crippen molar-refractivity contribution in [2.45, 2.75) is 363 Å². The highest BCUT2D eigenvalue weighted by Gasteiger charge is 2.25. The van der Waals surface area contributed by atoms with Crippen LogP contribution >= 0.6 is 0 Å². The van der Waals surface area contributed by atoms with Gasteiger partial charge in [-0.25, -0.2) is 0 Å². The van der Waals surface area contributed by atoms with E-state index < -0.39 is 0 Å². The molecule has 0 aromatic carbocycles. The molecule has 92 heavy (non-hydrogen) atoms. The molecule has 0 saturated heterocycles. The van der Waals surface area contributed by atoms with Gasteiger partial charge in [0.15, 0.2) is 0 Å². The Bertz CT molecular complexity index is 1260. The highest BCUT2D eigenvalue weighted by molar-refractivity contribution is 4.81. The third-order valence-electron chi connectivity index (χ3n) is 21.2. The molecular formula is C80H168N4O8. The van der Waals surface area contributed by atoms with Crippen LogP contribution in [0, 0.1) is 35.5 Å². The summed E-state index contributed by atoms with van der Waals surface area (Å²) in [4.78, 5) is 11.3. The van der Waals surface area contributed by atoms with Crippen LogP contribution in [0.4, 0.5) is 0 Å². The number of methoxy groups -OCH3 is 4. The van der Waals surface area contributed by atoms with Crippen molar-refractivity contribution >= 4 is 0 Å². The number of rotatable bonds is 70. The van der Waals surface area contributed by atoms with E-state index in [1.165, 1.54) is 232 Å². The quantitative estimate of drug-likeness (QED) is 0.0433. The lowest BCUT2D eigenvalue weighted by Gasteiger charge is -2.40. The van der Waals surface area contributed by atoms with Gasteiger partial charge in [-0.2, -0.15) is 0 Å². The van der Waals surface area contributed by atoms with Gasteiger partial charge in [-0.1, -0.05) is 144 Å². The van der Waals surface area contributed by atoms with Crippen molar-refractivity contribution in [1.29, 1.82) is 0 Å². The fourth-order valence-corrected chi connectivity index (χ4v) is 13.7. The van der Waals surface area contributed by atoms with Crippen LogP contribution < -0.4 is 0 Å². The summed E-state index contributed by atoms with van der Waals surface area (Å²) in [5, 5.41) is 37.1. The Labute approximate surface area is 575 Å². The second-order valence-corrected chi connectivity index (χ2v) is 30.5. The van der Waals surface area contributed by atoms with Gasteiger partial charge in [-0.05, 0) is 244 Å². The predicted octanol–water partition coefficient (Wildman–Crippen LogP) is 18.7. The van der Waals surface area contributed by atoms with Gasteiger partial charge in [0.25, 0.3) is 0 Å². The van der Waals surface area contributed by atoms with Crippen molar-refractivity contribution in [2.24, 2.45) is 35.5 Å². The van der Waals surface area contributed by atoms with E-state index in [9.17, 15) is 10.2 Å². The Kier molecular flexibility index (Phi) is 68.9. The van der Waals surface area contributed by atoms with Crippen molar-refractivity contribution in [2.75, 3.05) is 120 Å². The fraction of sp³-hybridized carbons (Fsp3) is 1.00. The number of aliphatic hydroxyl groups excluding tert-OH is 4. The molecule has 0 aliphatic carbocycles. The van der Waals surface area contributed by atoms with Gasteiger partial charge >= 0.3 is 0 Å². The molecule has 0 bridgehead atoms. The van der Waals surface area contributed by atoms with Crippen molar-refractivity contribution in [1.82, 2.24) is 19.6 Å². The zero-order valence-electron chi connectivity index (χ0n) is 64.9. The van der Waals surface area contributed by atoms with Gasteiger partial charge in [0.1, 0.15) is 0 Å². The molecule has 556 valence electrons. The number of ether oxygens (including phenoxy) is 4. The number of aliphatic hydroxyl groups is 4. The Hall–Kier alpha value is -0.480. The lowest BCUT2D eigenvalue weighted by molar-refractivity contribution is 0.0779. The molecule has 0 amide bonds. The molecule has 0 aliphatic rings. The molecule has 12 atom stereocenters. The van der Waals surface area contributed by atoms with Crippen LogP contribution in [-0.2, 0) is 18.9 Å². The monoisotopic (exact) mass is 1310 g/mol. The molecule has 0 radical (unpaired) electrons. The Morgan fingerprint density at radius 2 is 0.489 bits per heavy atom. The molecule has 12 heteroatoms. The van der Waals surface area contributed by atoms with E-state index in [1.54, 1.807) is 0 Å². The second kappa shape index (κ2) is 67.7.